The van der Waals surface area contributed by atoms with Gasteiger partial charge in [0.1, 0.15) is 11.6 Å². The molecule has 0 spiro atoms. The van der Waals surface area contributed by atoms with E-state index in [0.29, 0.717) is 29.5 Å². The van der Waals surface area contributed by atoms with E-state index in [2.05, 4.69) is 51.6 Å². The number of hydrogen-bond acceptors (Lipinski definition) is 7. The van der Waals surface area contributed by atoms with Crippen LogP contribution in [-0.2, 0) is 0 Å². The summed E-state index contributed by atoms with van der Waals surface area (Å²) in [5.41, 5.74) is 3.22. The Labute approximate surface area is 213 Å². The van der Waals surface area contributed by atoms with Gasteiger partial charge in [-0.05, 0) is 56.2 Å². The van der Waals surface area contributed by atoms with Gasteiger partial charge in [0.05, 0.1) is 36.9 Å². The van der Waals surface area contributed by atoms with Crippen LogP contribution in [0.5, 0.6) is 5.75 Å². The molecule has 192 valence electrons. The molecule has 36 heavy (non-hydrogen) atoms. The maximum Gasteiger partial charge on any atom is 0.319 e. The van der Waals surface area contributed by atoms with E-state index in [1.165, 1.54) is 0 Å². The van der Waals surface area contributed by atoms with Crippen LogP contribution in [0.2, 0.25) is 0 Å². The predicted molar refractivity (Wildman–Crippen MR) is 144 cm³/mol. The summed E-state index contributed by atoms with van der Waals surface area (Å²) in [6.07, 6.45) is 8.81. The average molecular weight is 492 g/mol. The van der Waals surface area contributed by atoms with Crippen LogP contribution in [0.3, 0.4) is 0 Å². The molecule has 0 radical (unpaired) electrons. The lowest BCUT2D eigenvalue weighted by molar-refractivity contribution is 0.250. The van der Waals surface area contributed by atoms with Crippen molar-refractivity contribution in [2.45, 2.75) is 39.7 Å². The molecule has 2 heterocycles. The zero-order chi connectivity index (χ0) is 25.8. The average Bonchev–Trinajstić information content (AvgIpc) is 2.92. The SMILES string of the molecule is CCC(Nc1cncc(-c2ccc(NC(=O)NCCCN(CC)CC)c(OC)c2)n1)c1cccnc1. The largest absolute Gasteiger partial charge is 0.495 e. The number of urea groups is 1. The van der Waals surface area contributed by atoms with Crippen LogP contribution in [0.4, 0.5) is 16.3 Å². The molecule has 0 bridgehead atoms. The second-order valence-electron chi connectivity index (χ2n) is 8.36. The molecule has 1 atom stereocenters. The number of nitrogens with one attached hydrogen (secondary N) is 3. The number of benzene rings is 1. The van der Waals surface area contributed by atoms with Crippen molar-refractivity contribution in [3.63, 3.8) is 0 Å². The molecule has 0 aliphatic heterocycles. The molecule has 9 heteroatoms. The molecule has 1 aromatic carbocycles. The van der Waals surface area contributed by atoms with Crippen molar-refractivity contribution in [1.82, 2.24) is 25.2 Å². The Morgan fingerprint density at radius 2 is 1.92 bits per heavy atom. The molecule has 2 amide bonds. The first kappa shape index (κ1) is 26.9. The van der Waals surface area contributed by atoms with E-state index in [1.807, 2.05) is 36.5 Å². The first-order chi connectivity index (χ1) is 17.6. The van der Waals surface area contributed by atoms with E-state index in [4.69, 9.17) is 9.72 Å². The lowest BCUT2D eigenvalue weighted by atomic mass is 10.1. The van der Waals surface area contributed by atoms with Crippen molar-refractivity contribution in [3.05, 3.63) is 60.7 Å². The van der Waals surface area contributed by atoms with Gasteiger partial charge in [0.2, 0.25) is 0 Å². The van der Waals surface area contributed by atoms with Crippen molar-refractivity contribution in [3.8, 4) is 17.0 Å². The van der Waals surface area contributed by atoms with Crippen LogP contribution >= 0.6 is 0 Å². The normalized spacial score (nSPS) is 11.7. The van der Waals surface area contributed by atoms with Gasteiger partial charge in [0, 0.05) is 24.5 Å². The number of ether oxygens (including phenoxy) is 1. The second kappa shape index (κ2) is 14.0. The summed E-state index contributed by atoms with van der Waals surface area (Å²) in [6, 6.07) is 9.35. The van der Waals surface area contributed by atoms with Gasteiger partial charge in [-0.3, -0.25) is 9.97 Å². The molecule has 3 N–H and O–H groups in total. The van der Waals surface area contributed by atoms with Gasteiger partial charge in [-0.2, -0.15) is 0 Å². The highest BCUT2D eigenvalue weighted by Crippen LogP contribution is 2.30. The number of rotatable bonds is 13. The van der Waals surface area contributed by atoms with Gasteiger partial charge >= 0.3 is 6.03 Å². The molecule has 0 aliphatic rings. The minimum Gasteiger partial charge on any atom is -0.495 e. The Bertz CT molecular complexity index is 1090. The first-order valence-corrected chi connectivity index (χ1v) is 12.5. The van der Waals surface area contributed by atoms with Gasteiger partial charge in [0.15, 0.2) is 0 Å². The minimum atomic E-state index is -0.257. The summed E-state index contributed by atoms with van der Waals surface area (Å²) in [5, 5.41) is 9.23. The fraction of sp³-hybridized carbons (Fsp3) is 0.407. The lowest BCUT2D eigenvalue weighted by Gasteiger charge is -2.18. The molecule has 0 saturated carbocycles. The molecular weight excluding hydrogens is 454 g/mol. The number of hydrogen-bond donors (Lipinski definition) is 3. The van der Waals surface area contributed by atoms with Crippen LogP contribution in [0, 0.1) is 0 Å². The third-order valence-electron chi connectivity index (χ3n) is 6.03. The van der Waals surface area contributed by atoms with Crippen molar-refractivity contribution in [1.29, 1.82) is 0 Å². The number of anilines is 2. The Morgan fingerprint density at radius 3 is 2.61 bits per heavy atom. The highest BCUT2D eigenvalue weighted by molar-refractivity contribution is 5.91. The van der Waals surface area contributed by atoms with E-state index < -0.39 is 0 Å². The van der Waals surface area contributed by atoms with E-state index in [1.54, 1.807) is 25.7 Å². The quantitative estimate of drug-likeness (QED) is 0.290. The summed E-state index contributed by atoms with van der Waals surface area (Å²) in [7, 11) is 1.58. The topological polar surface area (TPSA) is 104 Å². The van der Waals surface area contributed by atoms with Crippen molar-refractivity contribution in [2.24, 2.45) is 0 Å². The molecular formula is C27H37N7O2. The van der Waals surface area contributed by atoms with E-state index in [-0.39, 0.29) is 12.1 Å². The summed E-state index contributed by atoms with van der Waals surface area (Å²) in [6.45, 7) is 9.99. The number of aromatic nitrogens is 3. The second-order valence-corrected chi connectivity index (χ2v) is 8.36. The number of amides is 2. The lowest BCUT2D eigenvalue weighted by Crippen LogP contribution is -2.32. The fourth-order valence-corrected chi connectivity index (χ4v) is 3.92. The summed E-state index contributed by atoms with van der Waals surface area (Å²) in [5.74, 6) is 1.22. The van der Waals surface area contributed by atoms with Gasteiger partial charge in [-0.1, -0.05) is 32.9 Å². The molecule has 0 aliphatic carbocycles. The van der Waals surface area contributed by atoms with Crippen molar-refractivity contribution < 1.29 is 9.53 Å². The van der Waals surface area contributed by atoms with E-state index >= 15 is 0 Å². The summed E-state index contributed by atoms with van der Waals surface area (Å²) in [4.78, 5) is 28.0. The Balaban J connectivity index is 1.65. The molecule has 1 unspecified atom stereocenters. The standard InChI is InChI=1S/C27H37N7O2/c1-5-22(21-10-8-13-28-17-21)31-26-19-29-18-24(32-26)20-11-12-23(25(16-20)36-4)33-27(35)30-14-9-15-34(6-2)7-3/h8,10-13,16-19,22H,5-7,9,14-15H2,1-4H3,(H,31,32)(H2,30,33,35). The third kappa shape index (κ3) is 7.64. The molecule has 2 aromatic heterocycles. The monoisotopic (exact) mass is 491 g/mol. The van der Waals surface area contributed by atoms with Gasteiger partial charge in [0.25, 0.3) is 0 Å². The van der Waals surface area contributed by atoms with Crippen LogP contribution < -0.4 is 20.7 Å². The Kier molecular flexibility index (Phi) is 10.4. The van der Waals surface area contributed by atoms with Crippen LogP contribution in [0.25, 0.3) is 11.3 Å². The number of carbonyl (C=O) groups excluding carboxylic acids is 1. The number of carbonyl (C=O) groups is 1. The Morgan fingerprint density at radius 1 is 1.08 bits per heavy atom. The van der Waals surface area contributed by atoms with Crippen LogP contribution in [-0.4, -0.2) is 59.2 Å². The number of pyridine rings is 1. The van der Waals surface area contributed by atoms with E-state index in [9.17, 15) is 4.79 Å². The maximum absolute atomic E-state index is 12.4. The van der Waals surface area contributed by atoms with Gasteiger partial charge in [-0.25, -0.2) is 9.78 Å². The zero-order valence-corrected chi connectivity index (χ0v) is 21.6. The van der Waals surface area contributed by atoms with Gasteiger partial charge in [-0.15, -0.1) is 0 Å². The highest BCUT2D eigenvalue weighted by Gasteiger charge is 2.13. The number of nitrogens with zero attached hydrogens (tertiary/aromatic N) is 4. The third-order valence-corrected chi connectivity index (χ3v) is 6.03. The molecule has 3 rings (SSSR count). The number of methoxy groups -OCH3 is 1. The van der Waals surface area contributed by atoms with Crippen LogP contribution in [0.15, 0.2) is 55.1 Å². The van der Waals surface area contributed by atoms with Crippen molar-refractivity contribution in [2.75, 3.05) is 43.9 Å². The van der Waals surface area contributed by atoms with Gasteiger partial charge < -0.3 is 25.6 Å². The molecule has 0 saturated heterocycles. The Hall–Kier alpha value is -3.72. The summed E-state index contributed by atoms with van der Waals surface area (Å²) >= 11 is 0. The van der Waals surface area contributed by atoms with E-state index in [0.717, 1.165) is 43.6 Å². The molecule has 0 fully saturated rings. The fourth-order valence-electron chi connectivity index (χ4n) is 3.92. The minimum absolute atomic E-state index is 0.0786. The summed E-state index contributed by atoms with van der Waals surface area (Å²) < 4.78 is 5.54. The zero-order valence-electron chi connectivity index (χ0n) is 21.6. The smallest absolute Gasteiger partial charge is 0.319 e. The van der Waals surface area contributed by atoms with Crippen LogP contribution in [0.1, 0.15) is 45.2 Å². The highest BCUT2D eigenvalue weighted by atomic mass is 16.5. The first-order valence-electron chi connectivity index (χ1n) is 12.5. The van der Waals surface area contributed by atoms with Crippen molar-refractivity contribution >= 4 is 17.5 Å². The molecule has 3 aromatic rings. The maximum atomic E-state index is 12.4. The predicted octanol–water partition coefficient (Wildman–Crippen LogP) is 4.96. The molecule has 9 nitrogen and oxygen atoms in total.